The highest BCUT2D eigenvalue weighted by Gasteiger charge is 2.27. The molecule has 0 aromatic carbocycles. The lowest BCUT2D eigenvalue weighted by Gasteiger charge is -2.12. The molecule has 76 valence electrons. The van der Waals surface area contributed by atoms with Crippen LogP contribution in [0.25, 0.3) is 0 Å². The zero-order valence-corrected chi connectivity index (χ0v) is 9.09. The van der Waals surface area contributed by atoms with Gasteiger partial charge < -0.3 is 4.74 Å². The molecule has 0 radical (unpaired) electrons. The van der Waals surface area contributed by atoms with Crippen molar-refractivity contribution >= 4 is 23.4 Å². The molecule has 0 aromatic rings. The smallest absolute Gasteiger partial charge is 0.376 e. The second-order valence-electron chi connectivity index (χ2n) is 3.46. The molecular formula is C9H15ClO3. The molecule has 1 unspecified atom stereocenters. The fourth-order valence-electron chi connectivity index (χ4n) is 0.687. The van der Waals surface area contributed by atoms with Gasteiger partial charge in [0.2, 0.25) is 0 Å². The van der Waals surface area contributed by atoms with Crippen LogP contribution < -0.4 is 0 Å². The van der Waals surface area contributed by atoms with Crippen molar-refractivity contribution in [2.75, 3.05) is 0 Å². The predicted octanol–water partition coefficient (Wildman–Crippen LogP) is 1.77. The van der Waals surface area contributed by atoms with Gasteiger partial charge in [-0.3, -0.25) is 4.79 Å². The van der Waals surface area contributed by atoms with Crippen LogP contribution in [0.5, 0.6) is 0 Å². The summed E-state index contributed by atoms with van der Waals surface area (Å²) in [6, 6.07) is 0. The van der Waals surface area contributed by atoms with Gasteiger partial charge in [0, 0.05) is 0 Å². The van der Waals surface area contributed by atoms with Gasteiger partial charge in [-0.05, 0) is 19.8 Å². The average molecular weight is 207 g/mol. The van der Waals surface area contributed by atoms with Crippen LogP contribution in [-0.2, 0) is 14.3 Å². The van der Waals surface area contributed by atoms with Crippen molar-refractivity contribution in [1.82, 2.24) is 0 Å². The van der Waals surface area contributed by atoms with E-state index in [1.54, 1.807) is 27.7 Å². The van der Waals surface area contributed by atoms with Crippen molar-refractivity contribution < 1.29 is 14.3 Å². The quantitative estimate of drug-likeness (QED) is 0.400. The number of hydrogen-bond donors (Lipinski definition) is 0. The number of hydrogen-bond acceptors (Lipinski definition) is 3. The van der Waals surface area contributed by atoms with Crippen molar-refractivity contribution in [2.45, 2.75) is 39.2 Å². The molecular weight excluding hydrogens is 192 g/mol. The summed E-state index contributed by atoms with van der Waals surface area (Å²) in [4.78, 5) is 22.3. The zero-order valence-electron chi connectivity index (χ0n) is 8.33. The Kier molecular flexibility index (Phi) is 4.99. The minimum absolute atomic E-state index is 0.0612. The summed E-state index contributed by atoms with van der Waals surface area (Å²) in [7, 11) is 0. The summed E-state index contributed by atoms with van der Waals surface area (Å²) < 4.78 is 4.71. The first-order chi connectivity index (χ1) is 5.86. The summed E-state index contributed by atoms with van der Waals surface area (Å²) >= 11 is 5.69. The molecule has 0 aliphatic rings. The Morgan fingerprint density at radius 3 is 1.92 bits per heavy atom. The Morgan fingerprint density at radius 1 is 1.15 bits per heavy atom. The van der Waals surface area contributed by atoms with Crippen molar-refractivity contribution in [3.05, 3.63) is 0 Å². The highest BCUT2D eigenvalue weighted by atomic mass is 35.5. The number of rotatable bonds is 4. The standard InChI is InChI=1S/C9H15ClO3/c1-5(2)7(10)8(11)9(12)13-6(3)4/h5-7H,1-4H3. The third kappa shape index (κ3) is 4.27. The van der Waals surface area contributed by atoms with Gasteiger partial charge >= 0.3 is 5.97 Å². The topological polar surface area (TPSA) is 43.4 Å². The van der Waals surface area contributed by atoms with Gasteiger partial charge in [-0.1, -0.05) is 13.8 Å². The Hall–Kier alpha value is -0.570. The molecule has 13 heavy (non-hydrogen) atoms. The Balaban J connectivity index is 4.18. The molecule has 0 saturated carbocycles. The van der Waals surface area contributed by atoms with Crippen LogP contribution in [0.2, 0.25) is 0 Å². The third-order valence-electron chi connectivity index (χ3n) is 1.38. The summed E-state index contributed by atoms with van der Waals surface area (Å²) in [5, 5.41) is -0.786. The van der Waals surface area contributed by atoms with Gasteiger partial charge in [0.15, 0.2) is 0 Å². The summed E-state index contributed by atoms with van der Waals surface area (Å²) in [6.45, 7) is 6.92. The van der Waals surface area contributed by atoms with Gasteiger partial charge in [-0.2, -0.15) is 0 Å². The van der Waals surface area contributed by atoms with E-state index in [4.69, 9.17) is 16.3 Å². The second-order valence-corrected chi connectivity index (χ2v) is 3.93. The molecule has 0 aliphatic heterocycles. The molecule has 0 bridgehead atoms. The van der Waals surface area contributed by atoms with Gasteiger partial charge in [0.1, 0.15) is 5.38 Å². The Bertz CT molecular complexity index is 199. The van der Waals surface area contributed by atoms with E-state index < -0.39 is 17.1 Å². The monoisotopic (exact) mass is 206 g/mol. The maximum Gasteiger partial charge on any atom is 0.376 e. The summed E-state index contributed by atoms with van der Waals surface area (Å²) in [5.41, 5.74) is 0. The van der Waals surface area contributed by atoms with Crippen molar-refractivity contribution in [3.63, 3.8) is 0 Å². The van der Waals surface area contributed by atoms with Gasteiger partial charge in [0.05, 0.1) is 6.10 Å². The maximum absolute atomic E-state index is 11.2. The molecule has 0 rings (SSSR count). The Labute approximate surface area is 83.4 Å². The number of carbonyl (C=O) groups excluding carboxylic acids is 2. The van der Waals surface area contributed by atoms with E-state index in [1.807, 2.05) is 0 Å². The second kappa shape index (κ2) is 5.22. The highest BCUT2D eigenvalue weighted by molar-refractivity contribution is 6.47. The number of Topliss-reactive ketones (excluding diaryl/α,β-unsaturated/α-hetero) is 1. The van der Waals surface area contributed by atoms with E-state index in [-0.39, 0.29) is 12.0 Å². The van der Waals surface area contributed by atoms with Crippen LogP contribution in [0.1, 0.15) is 27.7 Å². The van der Waals surface area contributed by atoms with E-state index in [1.165, 1.54) is 0 Å². The van der Waals surface area contributed by atoms with Crippen LogP contribution in [0.3, 0.4) is 0 Å². The molecule has 0 aromatic heterocycles. The lowest BCUT2D eigenvalue weighted by Crippen LogP contribution is -2.31. The van der Waals surface area contributed by atoms with Crippen LogP contribution in [0.4, 0.5) is 0 Å². The zero-order chi connectivity index (χ0) is 10.6. The molecule has 3 nitrogen and oxygen atoms in total. The summed E-state index contributed by atoms with van der Waals surface area (Å²) in [5.74, 6) is -1.57. The first-order valence-electron chi connectivity index (χ1n) is 4.25. The van der Waals surface area contributed by atoms with E-state index in [0.717, 1.165) is 0 Å². The fourth-order valence-corrected chi connectivity index (χ4v) is 0.777. The van der Waals surface area contributed by atoms with Crippen molar-refractivity contribution in [3.8, 4) is 0 Å². The van der Waals surface area contributed by atoms with Crippen molar-refractivity contribution in [1.29, 1.82) is 0 Å². The molecule has 0 saturated heterocycles. The van der Waals surface area contributed by atoms with Crippen molar-refractivity contribution in [2.24, 2.45) is 5.92 Å². The minimum Gasteiger partial charge on any atom is -0.457 e. The van der Waals surface area contributed by atoms with Crippen LogP contribution in [-0.4, -0.2) is 23.2 Å². The number of ether oxygens (including phenoxy) is 1. The molecule has 0 heterocycles. The average Bonchev–Trinajstić information content (AvgIpc) is 2.00. The van der Waals surface area contributed by atoms with Gasteiger partial charge in [-0.15, -0.1) is 11.6 Å². The normalized spacial score (nSPS) is 13.2. The molecule has 0 aliphatic carbocycles. The van der Waals surface area contributed by atoms with E-state index in [9.17, 15) is 9.59 Å². The first-order valence-corrected chi connectivity index (χ1v) is 4.68. The maximum atomic E-state index is 11.2. The predicted molar refractivity (Wildman–Crippen MR) is 50.7 cm³/mol. The Morgan fingerprint density at radius 2 is 1.62 bits per heavy atom. The van der Waals surface area contributed by atoms with Crippen LogP contribution in [0, 0.1) is 5.92 Å². The van der Waals surface area contributed by atoms with E-state index in [2.05, 4.69) is 0 Å². The number of ketones is 1. The minimum atomic E-state index is -0.844. The lowest BCUT2D eigenvalue weighted by molar-refractivity contribution is -0.156. The number of esters is 1. The first kappa shape index (κ1) is 12.4. The van der Waals surface area contributed by atoms with E-state index >= 15 is 0 Å². The number of carbonyl (C=O) groups is 2. The molecule has 0 amide bonds. The largest absolute Gasteiger partial charge is 0.457 e. The lowest BCUT2D eigenvalue weighted by atomic mass is 10.1. The highest BCUT2D eigenvalue weighted by Crippen LogP contribution is 2.11. The van der Waals surface area contributed by atoms with Crippen LogP contribution in [0.15, 0.2) is 0 Å². The van der Waals surface area contributed by atoms with E-state index in [0.29, 0.717) is 0 Å². The van der Waals surface area contributed by atoms with Gasteiger partial charge in [0.25, 0.3) is 5.78 Å². The summed E-state index contributed by atoms with van der Waals surface area (Å²) in [6.07, 6.45) is -0.285. The molecule has 0 N–H and O–H groups in total. The van der Waals surface area contributed by atoms with Crippen LogP contribution >= 0.6 is 11.6 Å². The molecule has 0 spiro atoms. The third-order valence-corrected chi connectivity index (χ3v) is 2.08. The SMILES string of the molecule is CC(C)OC(=O)C(=O)C(Cl)C(C)C. The fraction of sp³-hybridized carbons (Fsp3) is 0.778. The number of alkyl halides is 1. The molecule has 0 fully saturated rings. The molecule has 1 atom stereocenters. The molecule has 4 heteroatoms. The number of halogens is 1. The van der Waals surface area contributed by atoms with Gasteiger partial charge in [-0.25, -0.2) is 4.79 Å².